The Morgan fingerprint density at radius 3 is 2.59 bits per heavy atom. The van der Waals surface area contributed by atoms with Crippen molar-refractivity contribution in [3.8, 4) is 11.6 Å². The molecule has 4 rings (SSSR count). The number of nitrogens with zero attached hydrogens (tertiary/aromatic N) is 5. The predicted octanol–water partition coefficient (Wildman–Crippen LogP) is 2.59. The minimum absolute atomic E-state index is 0.0445. The molecular weight excluding hydrogens is 380 g/mol. The van der Waals surface area contributed by atoms with Crippen molar-refractivity contribution < 1.29 is 13.5 Å². The number of aryl methyl sites for hydroxylation is 1. The molecule has 150 valence electrons. The first-order chi connectivity index (χ1) is 14.1. The lowest BCUT2D eigenvalue weighted by Crippen LogP contribution is -2.31. The van der Waals surface area contributed by atoms with E-state index in [-0.39, 0.29) is 18.2 Å². The Kier molecular flexibility index (Phi) is 5.32. The zero-order chi connectivity index (χ0) is 20.2. The average Bonchev–Trinajstić information content (AvgIpc) is 3.13. The first-order valence-electron chi connectivity index (χ1n) is 9.02. The van der Waals surface area contributed by atoms with Crippen LogP contribution in [0.1, 0.15) is 35.1 Å². The molecule has 1 aliphatic heterocycles. The lowest BCUT2D eigenvalue weighted by atomic mass is 10.2. The Morgan fingerprint density at radius 2 is 1.93 bits per heavy atom. The number of hydrogen-bond donors (Lipinski definition) is 2. The molecule has 0 spiro atoms. The van der Waals surface area contributed by atoms with Crippen molar-refractivity contribution in [3.05, 3.63) is 71.4 Å². The van der Waals surface area contributed by atoms with Gasteiger partial charge in [0.1, 0.15) is 12.3 Å². The second kappa shape index (κ2) is 8.21. The van der Waals surface area contributed by atoms with E-state index in [0.717, 1.165) is 12.2 Å². The van der Waals surface area contributed by atoms with Gasteiger partial charge < -0.3 is 15.4 Å². The zero-order valence-electron chi connectivity index (χ0n) is 15.6. The molecule has 0 aliphatic carbocycles. The number of alkyl halides is 2. The van der Waals surface area contributed by atoms with Crippen LogP contribution in [0.5, 0.6) is 5.88 Å². The molecule has 29 heavy (non-hydrogen) atoms. The van der Waals surface area contributed by atoms with Crippen LogP contribution in [0.3, 0.4) is 0 Å². The maximum atomic E-state index is 12.8. The summed E-state index contributed by atoms with van der Waals surface area (Å²) in [5, 5.41) is 22.8. The van der Waals surface area contributed by atoms with E-state index in [4.69, 9.17) is 4.74 Å². The molecule has 0 bridgehead atoms. The second-order valence-electron chi connectivity index (χ2n) is 6.47. The molecule has 1 aliphatic rings. The van der Waals surface area contributed by atoms with Gasteiger partial charge in [0.2, 0.25) is 5.88 Å². The Balaban J connectivity index is 1.46. The van der Waals surface area contributed by atoms with Crippen molar-refractivity contribution in [1.29, 1.82) is 0 Å². The largest absolute Gasteiger partial charge is 0.470 e. The average molecular weight is 399 g/mol. The maximum Gasteiger partial charge on any atom is 0.263 e. The molecule has 0 unspecified atom stereocenters. The minimum Gasteiger partial charge on any atom is -0.470 e. The number of rotatable bonds is 6. The fourth-order valence-corrected chi connectivity index (χ4v) is 2.90. The second-order valence-corrected chi connectivity index (χ2v) is 6.47. The van der Waals surface area contributed by atoms with Gasteiger partial charge in [-0.3, -0.25) is 0 Å². The predicted molar refractivity (Wildman–Crippen MR) is 100 cm³/mol. The zero-order valence-corrected chi connectivity index (χ0v) is 15.6. The van der Waals surface area contributed by atoms with E-state index in [0.29, 0.717) is 23.0 Å². The summed E-state index contributed by atoms with van der Waals surface area (Å²) in [4.78, 5) is 0. The summed E-state index contributed by atoms with van der Waals surface area (Å²) in [5.41, 5.74) is 2.76. The van der Waals surface area contributed by atoms with Gasteiger partial charge in [0.05, 0.1) is 23.1 Å². The van der Waals surface area contributed by atoms with Gasteiger partial charge in [0.15, 0.2) is 0 Å². The fourth-order valence-electron chi connectivity index (χ4n) is 2.90. The molecule has 3 aromatic rings. The molecule has 0 amide bonds. The summed E-state index contributed by atoms with van der Waals surface area (Å²) < 4.78 is 32.8. The van der Waals surface area contributed by atoms with Crippen molar-refractivity contribution in [2.45, 2.75) is 26.0 Å². The van der Waals surface area contributed by atoms with Gasteiger partial charge >= 0.3 is 0 Å². The number of aromatic nitrogens is 5. The Morgan fingerprint density at radius 1 is 1.10 bits per heavy atom. The quantitative estimate of drug-likeness (QED) is 0.658. The van der Waals surface area contributed by atoms with Crippen molar-refractivity contribution >= 4 is 0 Å². The summed E-state index contributed by atoms with van der Waals surface area (Å²) in [7, 11) is 0. The number of nitrogens with one attached hydrogen (secondary N) is 2. The normalized spacial score (nSPS) is 15.8. The number of halogens is 2. The van der Waals surface area contributed by atoms with E-state index < -0.39 is 6.43 Å². The third kappa shape index (κ3) is 4.15. The maximum absolute atomic E-state index is 12.8. The van der Waals surface area contributed by atoms with Crippen molar-refractivity contribution in [2.75, 3.05) is 6.54 Å². The smallest absolute Gasteiger partial charge is 0.263 e. The highest BCUT2D eigenvalue weighted by Crippen LogP contribution is 2.21. The van der Waals surface area contributed by atoms with E-state index in [1.165, 1.54) is 12.1 Å². The molecule has 0 radical (unpaired) electrons. The van der Waals surface area contributed by atoms with Crippen molar-refractivity contribution in [1.82, 2.24) is 35.8 Å². The summed E-state index contributed by atoms with van der Waals surface area (Å²) in [6, 6.07) is 9.55. The topological polar surface area (TPSA) is 89.8 Å². The van der Waals surface area contributed by atoms with Crippen LogP contribution in [0.25, 0.3) is 5.69 Å². The minimum atomic E-state index is -2.51. The third-order valence-electron chi connectivity index (χ3n) is 4.54. The van der Waals surface area contributed by atoms with Crippen LogP contribution in [-0.4, -0.2) is 31.7 Å². The van der Waals surface area contributed by atoms with Gasteiger partial charge in [-0.25, -0.2) is 13.5 Å². The van der Waals surface area contributed by atoms with Crippen LogP contribution in [0.4, 0.5) is 8.78 Å². The van der Waals surface area contributed by atoms with Crippen LogP contribution in [0, 0.1) is 6.92 Å². The van der Waals surface area contributed by atoms with Gasteiger partial charge in [-0.2, -0.15) is 0 Å². The van der Waals surface area contributed by atoms with Gasteiger partial charge in [0.25, 0.3) is 6.43 Å². The third-order valence-corrected chi connectivity index (χ3v) is 4.54. The highest BCUT2D eigenvalue weighted by atomic mass is 19.3. The molecule has 0 fully saturated rings. The molecule has 8 nitrogen and oxygen atoms in total. The van der Waals surface area contributed by atoms with Crippen molar-refractivity contribution in [3.63, 3.8) is 0 Å². The number of hydrogen-bond acceptors (Lipinski definition) is 7. The van der Waals surface area contributed by atoms with Crippen LogP contribution in [-0.2, 0) is 6.61 Å². The number of benzene rings is 1. The number of ether oxygens (including phenoxy) is 1. The van der Waals surface area contributed by atoms with Crippen LogP contribution >= 0.6 is 0 Å². The van der Waals surface area contributed by atoms with E-state index in [1.807, 2.05) is 18.5 Å². The SMILES string of the molecule is Cc1nnn(-c2ccc(C(F)F)cc2)c1COc1ccc([C@@H]2CNC=CN2)nn1. The molecule has 1 atom stereocenters. The first-order valence-corrected chi connectivity index (χ1v) is 9.02. The van der Waals surface area contributed by atoms with E-state index >= 15 is 0 Å². The summed E-state index contributed by atoms with van der Waals surface area (Å²) in [5.74, 6) is 0.369. The summed E-state index contributed by atoms with van der Waals surface area (Å²) >= 11 is 0. The van der Waals surface area contributed by atoms with E-state index in [2.05, 4.69) is 31.1 Å². The molecule has 2 aromatic heterocycles. The fraction of sp³-hybridized carbons (Fsp3) is 0.263. The molecule has 3 heterocycles. The molecular formula is C19H19F2N7O. The summed E-state index contributed by atoms with van der Waals surface area (Å²) in [6.45, 7) is 2.69. The Bertz CT molecular complexity index is 987. The van der Waals surface area contributed by atoms with Crippen LogP contribution < -0.4 is 15.4 Å². The van der Waals surface area contributed by atoms with Gasteiger partial charge in [-0.15, -0.1) is 15.3 Å². The first kappa shape index (κ1) is 18.8. The lowest BCUT2D eigenvalue weighted by Gasteiger charge is -2.20. The highest BCUT2D eigenvalue weighted by molar-refractivity contribution is 5.36. The van der Waals surface area contributed by atoms with E-state index in [1.54, 1.807) is 29.8 Å². The Hall–Kier alpha value is -3.56. The Labute approximate surface area is 165 Å². The van der Waals surface area contributed by atoms with Crippen molar-refractivity contribution in [2.24, 2.45) is 0 Å². The van der Waals surface area contributed by atoms with Crippen LogP contribution in [0.15, 0.2) is 48.8 Å². The van der Waals surface area contributed by atoms with Gasteiger partial charge in [-0.1, -0.05) is 17.3 Å². The standard InChI is InChI=1S/C19H19F2N7O/c1-12-17(28(27-24-12)14-4-2-13(3-5-14)19(20)21)11-29-18-7-6-15(25-26-18)16-10-22-8-9-23-16/h2-9,16,19,22-23H,10-11H2,1H3/t16-/m0/s1. The van der Waals surface area contributed by atoms with Gasteiger partial charge in [-0.05, 0) is 25.1 Å². The molecule has 0 saturated carbocycles. The van der Waals surface area contributed by atoms with Gasteiger partial charge in [0, 0.05) is 30.6 Å². The van der Waals surface area contributed by atoms with Crippen LogP contribution in [0.2, 0.25) is 0 Å². The molecule has 2 N–H and O–H groups in total. The molecule has 1 aromatic carbocycles. The lowest BCUT2D eigenvalue weighted by molar-refractivity contribution is 0.151. The molecule has 10 heteroatoms. The summed E-state index contributed by atoms with van der Waals surface area (Å²) in [6.07, 6.45) is 1.15. The molecule has 0 saturated heterocycles. The highest BCUT2D eigenvalue weighted by Gasteiger charge is 2.16. The monoisotopic (exact) mass is 399 g/mol. The van der Waals surface area contributed by atoms with E-state index in [9.17, 15) is 8.78 Å².